The number of hydrogen-bond donors (Lipinski definition) is 2. The fraction of sp³-hybridized carbons (Fsp3) is 0.269. The normalized spacial score (nSPS) is 15.8. The molecule has 0 aliphatic carbocycles. The van der Waals surface area contributed by atoms with Crippen molar-refractivity contribution in [1.29, 1.82) is 0 Å². The van der Waals surface area contributed by atoms with Gasteiger partial charge in [-0.25, -0.2) is 4.98 Å². The average molecular weight is 430 g/mol. The first-order valence-corrected chi connectivity index (χ1v) is 10.9. The molecule has 3 aromatic rings. The lowest BCUT2D eigenvalue weighted by molar-refractivity contribution is -0.123. The molecule has 164 valence electrons. The van der Waals surface area contributed by atoms with Crippen LogP contribution in [0.2, 0.25) is 0 Å². The number of ether oxygens (including phenoxy) is 1. The number of aromatic nitrogens is 1. The van der Waals surface area contributed by atoms with E-state index < -0.39 is 0 Å². The molecule has 1 atom stereocenters. The van der Waals surface area contributed by atoms with Gasteiger partial charge in [-0.15, -0.1) is 0 Å². The summed E-state index contributed by atoms with van der Waals surface area (Å²) in [7, 11) is 0. The Balaban J connectivity index is 1.44. The van der Waals surface area contributed by atoms with Crippen molar-refractivity contribution < 1.29 is 14.3 Å². The predicted octanol–water partition coefficient (Wildman–Crippen LogP) is 5.59. The van der Waals surface area contributed by atoms with E-state index in [9.17, 15) is 9.59 Å². The smallest absolute Gasteiger partial charge is 0.255 e. The van der Waals surface area contributed by atoms with Crippen LogP contribution in [0.25, 0.3) is 0 Å². The molecule has 0 bridgehead atoms. The highest BCUT2D eigenvalue weighted by Crippen LogP contribution is 2.26. The van der Waals surface area contributed by atoms with E-state index in [1.807, 2.05) is 48.5 Å². The first kappa shape index (κ1) is 21.6. The summed E-state index contributed by atoms with van der Waals surface area (Å²) in [6.07, 6.45) is 3.89. The molecule has 1 aliphatic rings. The van der Waals surface area contributed by atoms with E-state index in [1.54, 1.807) is 18.3 Å². The van der Waals surface area contributed by atoms with Crippen molar-refractivity contribution in [2.45, 2.75) is 45.1 Å². The Bertz CT molecular complexity index is 1110. The monoisotopic (exact) mass is 429 g/mol. The largest absolute Gasteiger partial charge is 0.439 e. The van der Waals surface area contributed by atoms with Crippen LogP contribution in [0.1, 0.15) is 66.6 Å². The fourth-order valence-electron chi connectivity index (χ4n) is 3.74. The molecule has 1 aromatic heterocycles. The first-order valence-electron chi connectivity index (χ1n) is 10.9. The highest BCUT2D eigenvalue weighted by Gasteiger charge is 2.20. The van der Waals surface area contributed by atoms with Crippen LogP contribution in [0.15, 0.2) is 66.9 Å². The van der Waals surface area contributed by atoms with Gasteiger partial charge in [-0.05, 0) is 60.2 Å². The van der Waals surface area contributed by atoms with Gasteiger partial charge in [-0.1, -0.05) is 38.1 Å². The van der Waals surface area contributed by atoms with Crippen molar-refractivity contribution in [3.63, 3.8) is 0 Å². The molecule has 4 rings (SSSR count). The number of carbonyl (C=O) groups excluding carboxylic acids is 2. The second-order valence-electron chi connectivity index (χ2n) is 8.30. The molecule has 0 spiro atoms. The Labute approximate surface area is 188 Å². The van der Waals surface area contributed by atoms with E-state index in [0.29, 0.717) is 35.2 Å². The minimum atomic E-state index is -0.253. The van der Waals surface area contributed by atoms with Gasteiger partial charge >= 0.3 is 0 Å². The number of piperidine rings is 1. The Hall–Kier alpha value is -3.67. The lowest BCUT2D eigenvalue weighted by atomic mass is 9.97. The van der Waals surface area contributed by atoms with E-state index in [1.165, 1.54) is 5.56 Å². The van der Waals surface area contributed by atoms with E-state index in [2.05, 4.69) is 29.5 Å². The van der Waals surface area contributed by atoms with Crippen LogP contribution in [0.5, 0.6) is 11.6 Å². The maximum atomic E-state index is 12.8. The van der Waals surface area contributed by atoms with Gasteiger partial charge in [-0.3, -0.25) is 9.59 Å². The van der Waals surface area contributed by atoms with Gasteiger partial charge in [0.1, 0.15) is 5.75 Å². The highest BCUT2D eigenvalue weighted by atomic mass is 16.5. The number of nitrogens with one attached hydrogen (secondary N) is 2. The quantitative estimate of drug-likeness (QED) is 0.535. The summed E-state index contributed by atoms with van der Waals surface area (Å²) in [5, 5.41) is 5.93. The molecular weight excluding hydrogens is 402 g/mol. The summed E-state index contributed by atoms with van der Waals surface area (Å²) < 4.78 is 5.83. The Morgan fingerprint density at radius 1 is 1.12 bits per heavy atom. The first-order chi connectivity index (χ1) is 15.5. The average Bonchev–Trinajstić information content (AvgIpc) is 2.80. The fourth-order valence-corrected chi connectivity index (χ4v) is 3.74. The topological polar surface area (TPSA) is 80.3 Å². The third-order valence-corrected chi connectivity index (χ3v) is 5.54. The molecule has 0 radical (unpaired) electrons. The standard InChI is InChI=1S/C26H27N3O3/c1-17(2)18-9-11-22(12-10-18)32-25-16-20(13-14-27-25)26(31)28-21-6-3-5-19(15-21)23-7-4-8-24(30)29-23/h3,5-6,9-17,23H,4,7-8H2,1-2H3,(H,28,31)(H,29,30). The minimum Gasteiger partial charge on any atom is -0.439 e. The summed E-state index contributed by atoms with van der Waals surface area (Å²) in [6, 6.07) is 18.7. The summed E-state index contributed by atoms with van der Waals surface area (Å²) in [5.74, 6) is 1.29. The molecule has 1 unspecified atom stereocenters. The van der Waals surface area contributed by atoms with Crippen LogP contribution in [0.3, 0.4) is 0 Å². The van der Waals surface area contributed by atoms with E-state index >= 15 is 0 Å². The maximum Gasteiger partial charge on any atom is 0.255 e. The molecule has 6 nitrogen and oxygen atoms in total. The zero-order chi connectivity index (χ0) is 22.5. The third kappa shape index (κ3) is 5.32. The highest BCUT2D eigenvalue weighted by molar-refractivity contribution is 6.04. The number of nitrogens with zero attached hydrogens (tertiary/aromatic N) is 1. The molecule has 6 heteroatoms. The van der Waals surface area contributed by atoms with Crippen LogP contribution in [-0.2, 0) is 4.79 Å². The van der Waals surface area contributed by atoms with Gasteiger partial charge < -0.3 is 15.4 Å². The molecule has 1 saturated heterocycles. The van der Waals surface area contributed by atoms with Crippen molar-refractivity contribution >= 4 is 17.5 Å². The number of benzene rings is 2. The summed E-state index contributed by atoms with van der Waals surface area (Å²) in [4.78, 5) is 28.7. The van der Waals surface area contributed by atoms with Gasteiger partial charge in [0.05, 0.1) is 6.04 Å². The van der Waals surface area contributed by atoms with Crippen LogP contribution in [0, 0.1) is 0 Å². The van der Waals surface area contributed by atoms with E-state index in [-0.39, 0.29) is 17.9 Å². The van der Waals surface area contributed by atoms with Crippen molar-refractivity contribution in [3.05, 3.63) is 83.6 Å². The number of rotatable bonds is 6. The summed E-state index contributed by atoms with van der Waals surface area (Å²) in [6.45, 7) is 4.28. The second-order valence-corrected chi connectivity index (χ2v) is 8.30. The van der Waals surface area contributed by atoms with Crippen LogP contribution < -0.4 is 15.4 Å². The van der Waals surface area contributed by atoms with Crippen molar-refractivity contribution in [1.82, 2.24) is 10.3 Å². The Morgan fingerprint density at radius 3 is 2.69 bits per heavy atom. The predicted molar refractivity (Wildman–Crippen MR) is 124 cm³/mol. The maximum absolute atomic E-state index is 12.8. The SMILES string of the molecule is CC(C)c1ccc(Oc2cc(C(=O)Nc3cccc(C4CCCC(=O)N4)c3)ccn2)cc1. The number of pyridine rings is 1. The summed E-state index contributed by atoms with van der Waals surface area (Å²) >= 11 is 0. The van der Waals surface area contributed by atoms with Crippen LogP contribution >= 0.6 is 0 Å². The van der Waals surface area contributed by atoms with Gasteiger partial charge in [0.15, 0.2) is 0 Å². The van der Waals surface area contributed by atoms with Gasteiger partial charge in [-0.2, -0.15) is 0 Å². The van der Waals surface area contributed by atoms with E-state index in [4.69, 9.17) is 4.74 Å². The molecule has 2 heterocycles. The molecule has 0 saturated carbocycles. The lowest BCUT2D eigenvalue weighted by Crippen LogP contribution is -2.32. The Kier molecular flexibility index (Phi) is 6.50. The van der Waals surface area contributed by atoms with Crippen molar-refractivity contribution in [2.24, 2.45) is 0 Å². The van der Waals surface area contributed by atoms with Crippen molar-refractivity contribution in [3.8, 4) is 11.6 Å². The van der Waals surface area contributed by atoms with Gasteiger partial charge in [0.2, 0.25) is 11.8 Å². The second kappa shape index (κ2) is 9.64. The molecule has 2 aromatic carbocycles. The third-order valence-electron chi connectivity index (χ3n) is 5.54. The van der Waals surface area contributed by atoms with Gasteiger partial charge in [0.25, 0.3) is 5.91 Å². The van der Waals surface area contributed by atoms with Gasteiger partial charge in [0, 0.05) is 29.9 Å². The minimum absolute atomic E-state index is 0.0175. The Morgan fingerprint density at radius 2 is 1.94 bits per heavy atom. The molecular formula is C26H27N3O3. The number of amides is 2. The zero-order valence-corrected chi connectivity index (χ0v) is 18.3. The zero-order valence-electron chi connectivity index (χ0n) is 18.3. The van der Waals surface area contributed by atoms with E-state index in [0.717, 1.165) is 18.4 Å². The number of carbonyl (C=O) groups is 2. The van der Waals surface area contributed by atoms with Crippen LogP contribution in [-0.4, -0.2) is 16.8 Å². The van der Waals surface area contributed by atoms with Crippen molar-refractivity contribution in [2.75, 3.05) is 5.32 Å². The van der Waals surface area contributed by atoms with Crippen LogP contribution in [0.4, 0.5) is 5.69 Å². The number of anilines is 1. The molecule has 32 heavy (non-hydrogen) atoms. The molecule has 1 aliphatic heterocycles. The lowest BCUT2D eigenvalue weighted by Gasteiger charge is -2.24. The number of hydrogen-bond acceptors (Lipinski definition) is 4. The molecule has 2 amide bonds. The molecule has 1 fully saturated rings. The summed E-state index contributed by atoms with van der Waals surface area (Å²) in [5.41, 5.74) is 3.34. The molecule has 2 N–H and O–H groups in total.